The van der Waals surface area contributed by atoms with Crippen LogP contribution in [0.2, 0.25) is 0 Å². The first-order chi connectivity index (χ1) is 8.72. The molecule has 0 aliphatic heterocycles. The molecular formula is C15H20N2O. The van der Waals surface area contributed by atoms with Crippen LogP contribution in [0, 0.1) is 24.2 Å². The van der Waals surface area contributed by atoms with E-state index in [9.17, 15) is 0 Å². The smallest absolute Gasteiger partial charge is 0.232 e. The van der Waals surface area contributed by atoms with Crippen molar-refractivity contribution in [3.63, 3.8) is 0 Å². The van der Waals surface area contributed by atoms with Gasteiger partial charge in [-0.25, -0.2) is 4.98 Å². The fraction of sp³-hybridized carbons (Fsp3) is 0.600. The number of aryl methyl sites for hydroxylation is 1. The molecule has 0 amide bonds. The summed E-state index contributed by atoms with van der Waals surface area (Å²) in [4.78, 5) is 4.33. The molecule has 0 spiro atoms. The quantitative estimate of drug-likeness (QED) is 0.816. The lowest BCUT2D eigenvalue weighted by Crippen LogP contribution is -2.24. The third kappa shape index (κ3) is 3.01. The summed E-state index contributed by atoms with van der Waals surface area (Å²) >= 11 is 0. The molecule has 1 aromatic heterocycles. The third-order valence-electron chi connectivity index (χ3n) is 3.77. The first-order valence-electron chi connectivity index (χ1n) is 6.77. The Morgan fingerprint density at radius 1 is 1.33 bits per heavy atom. The van der Waals surface area contributed by atoms with Crippen molar-refractivity contribution < 1.29 is 4.74 Å². The molecule has 96 valence electrons. The molecule has 3 nitrogen and oxygen atoms in total. The van der Waals surface area contributed by atoms with Gasteiger partial charge in [-0.05, 0) is 50.7 Å². The Balaban J connectivity index is 2.02. The molecule has 0 atom stereocenters. The van der Waals surface area contributed by atoms with Crippen molar-refractivity contribution in [3.05, 3.63) is 23.4 Å². The Hall–Kier alpha value is -1.56. The van der Waals surface area contributed by atoms with Gasteiger partial charge in [0.2, 0.25) is 5.88 Å². The van der Waals surface area contributed by atoms with Gasteiger partial charge in [0, 0.05) is 5.69 Å². The summed E-state index contributed by atoms with van der Waals surface area (Å²) in [5.74, 6) is 1.36. The number of hydrogen-bond acceptors (Lipinski definition) is 3. The maximum absolute atomic E-state index is 9.05. The van der Waals surface area contributed by atoms with Crippen LogP contribution in [0.15, 0.2) is 12.1 Å². The Kier molecular flexibility index (Phi) is 4.19. The lowest BCUT2D eigenvalue weighted by atomic mass is 9.86. The van der Waals surface area contributed by atoms with Gasteiger partial charge >= 0.3 is 0 Å². The van der Waals surface area contributed by atoms with Crippen LogP contribution in [0.1, 0.15) is 50.3 Å². The summed E-state index contributed by atoms with van der Waals surface area (Å²) in [6, 6.07) is 5.78. The van der Waals surface area contributed by atoms with Crippen LogP contribution >= 0.6 is 0 Å². The number of pyridine rings is 1. The van der Waals surface area contributed by atoms with Crippen molar-refractivity contribution in [1.82, 2.24) is 4.98 Å². The maximum Gasteiger partial charge on any atom is 0.232 e. The van der Waals surface area contributed by atoms with Crippen molar-refractivity contribution in [2.45, 2.75) is 52.1 Å². The summed E-state index contributed by atoms with van der Waals surface area (Å²) in [7, 11) is 0. The highest BCUT2D eigenvalue weighted by Gasteiger charge is 2.22. The average molecular weight is 244 g/mol. The molecule has 1 fully saturated rings. The van der Waals surface area contributed by atoms with Crippen LogP contribution in [0.25, 0.3) is 0 Å². The number of hydrogen-bond donors (Lipinski definition) is 0. The fourth-order valence-electron chi connectivity index (χ4n) is 2.52. The standard InChI is InChI=1S/C15H20N2O/c1-3-12-5-8-14(9-6-12)18-15-13(10-16)7-4-11(2)17-15/h4,7,12,14H,3,5-6,8-9H2,1-2H3. The predicted octanol–water partition coefficient (Wildman–Crippen LogP) is 3.61. The van der Waals surface area contributed by atoms with E-state index in [0.29, 0.717) is 11.4 Å². The number of ether oxygens (including phenoxy) is 1. The van der Waals surface area contributed by atoms with E-state index in [1.165, 1.54) is 19.3 Å². The van der Waals surface area contributed by atoms with Gasteiger partial charge < -0.3 is 4.74 Å². The van der Waals surface area contributed by atoms with E-state index in [2.05, 4.69) is 18.0 Å². The van der Waals surface area contributed by atoms with Crippen molar-refractivity contribution in [2.75, 3.05) is 0 Å². The van der Waals surface area contributed by atoms with E-state index < -0.39 is 0 Å². The van der Waals surface area contributed by atoms with Crippen molar-refractivity contribution >= 4 is 0 Å². The zero-order chi connectivity index (χ0) is 13.0. The second-order valence-corrected chi connectivity index (χ2v) is 5.09. The number of aromatic nitrogens is 1. The monoisotopic (exact) mass is 244 g/mol. The molecule has 1 aliphatic rings. The molecule has 0 bridgehead atoms. The minimum atomic E-state index is 0.231. The van der Waals surface area contributed by atoms with E-state index in [1.54, 1.807) is 6.07 Å². The third-order valence-corrected chi connectivity index (χ3v) is 3.77. The first-order valence-corrected chi connectivity index (χ1v) is 6.77. The van der Waals surface area contributed by atoms with Crippen LogP contribution in [0.4, 0.5) is 0 Å². The van der Waals surface area contributed by atoms with Crippen LogP contribution < -0.4 is 4.74 Å². The summed E-state index contributed by atoms with van der Waals surface area (Å²) in [6.07, 6.45) is 6.12. The molecule has 0 saturated heterocycles. The normalized spacial score (nSPS) is 23.4. The van der Waals surface area contributed by atoms with Gasteiger partial charge in [-0.2, -0.15) is 5.26 Å². The topological polar surface area (TPSA) is 45.9 Å². The lowest BCUT2D eigenvalue weighted by Gasteiger charge is -2.28. The van der Waals surface area contributed by atoms with Gasteiger partial charge in [0.05, 0.1) is 0 Å². The molecule has 18 heavy (non-hydrogen) atoms. The van der Waals surface area contributed by atoms with Crippen molar-refractivity contribution in [1.29, 1.82) is 5.26 Å². The van der Waals surface area contributed by atoms with Gasteiger partial charge in [-0.1, -0.05) is 13.3 Å². The predicted molar refractivity (Wildman–Crippen MR) is 70.4 cm³/mol. The summed E-state index contributed by atoms with van der Waals surface area (Å²) < 4.78 is 5.92. The Bertz CT molecular complexity index is 442. The molecular weight excluding hydrogens is 224 g/mol. The Labute approximate surface area is 109 Å². The van der Waals surface area contributed by atoms with Crippen LogP contribution in [0.3, 0.4) is 0 Å². The van der Waals surface area contributed by atoms with Crippen LogP contribution in [0.5, 0.6) is 5.88 Å². The largest absolute Gasteiger partial charge is 0.473 e. The molecule has 1 heterocycles. The van der Waals surface area contributed by atoms with E-state index in [1.807, 2.05) is 13.0 Å². The first kappa shape index (κ1) is 12.9. The SMILES string of the molecule is CCC1CCC(Oc2nc(C)ccc2C#N)CC1. The highest BCUT2D eigenvalue weighted by Crippen LogP contribution is 2.29. The van der Waals surface area contributed by atoms with Crippen LogP contribution in [-0.2, 0) is 0 Å². The van der Waals surface area contributed by atoms with Gasteiger partial charge in [0.25, 0.3) is 0 Å². The number of nitrogens with zero attached hydrogens (tertiary/aromatic N) is 2. The van der Waals surface area contributed by atoms with Gasteiger partial charge in [0.15, 0.2) is 0 Å². The molecule has 1 aromatic rings. The number of nitriles is 1. The van der Waals surface area contributed by atoms with Crippen molar-refractivity contribution in [3.8, 4) is 11.9 Å². The van der Waals surface area contributed by atoms with Gasteiger partial charge in [0.1, 0.15) is 17.7 Å². The molecule has 0 aromatic carbocycles. The zero-order valence-electron chi connectivity index (χ0n) is 11.1. The minimum Gasteiger partial charge on any atom is -0.473 e. The fourth-order valence-corrected chi connectivity index (χ4v) is 2.52. The second-order valence-electron chi connectivity index (χ2n) is 5.09. The minimum absolute atomic E-state index is 0.231. The lowest BCUT2D eigenvalue weighted by molar-refractivity contribution is 0.124. The zero-order valence-corrected chi connectivity index (χ0v) is 11.1. The molecule has 1 saturated carbocycles. The molecule has 1 aliphatic carbocycles. The average Bonchev–Trinajstić information content (AvgIpc) is 2.40. The molecule has 3 heteroatoms. The second kappa shape index (κ2) is 5.86. The Morgan fingerprint density at radius 3 is 2.67 bits per heavy atom. The van der Waals surface area contributed by atoms with Crippen molar-refractivity contribution in [2.24, 2.45) is 5.92 Å². The Morgan fingerprint density at radius 2 is 2.06 bits per heavy atom. The summed E-state index contributed by atoms with van der Waals surface area (Å²) in [5, 5.41) is 9.05. The molecule has 0 radical (unpaired) electrons. The highest BCUT2D eigenvalue weighted by molar-refractivity contribution is 5.38. The number of rotatable bonds is 3. The highest BCUT2D eigenvalue weighted by atomic mass is 16.5. The summed E-state index contributed by atoms with van der Waals surface area (Å²) in [5.41, 5.74) is 1.43. The van der Waals surface area contributed by atoms with Gasteiger partial charge in [-0.15, -0.1) is 0 Å². The van der Waals surface area contributed by atoms with E-state index in [-0.39, 0.29) is 6.10 Å². The molecule has 0 unspecified atom stereocenters. The molecule has 2 rings (SSSR count). The van der Waals surface area contributed by atoms with E-state index in [0.717, 1.165) is 24.5 Å². The van der Waals surface area contributed by atoms with E-state index >= 15 is 0 Å². The maximum atomic E-state index is 9.05. The molecule has 0 N–H and O–H groups in total. The summed E-state index contributed by atoms with van der Waals surface area (Å²) in [6.45, 7) is 4.17. The van der Waals surface area contributed by atoms with Gasteiger partial charge in [-0.3, -0.25) is 0 Å². The van der Waals surface area contributed by atoms with Crippen LogP contribution in [-0.4, -0.2) is 11.1 Å². The van der Waals surface area contributed by atoms with E-state index in [4.69, 9.17) is 10.00 Å².